The van der Waals surface area contributed by atoms with Crippen molar-refractivity contribution in [1.29, 1.82) is 0 Å². The van der Waals surface area contributed by atoms with Gasteiger partial charge in [-0.25, -0.2) is 4.79 Å². The third-order valence-electron chi connectivity index (χ3n) is 5.93. The smallest absolute Gasteiger partial charge is 0.344 e. The van der Waals surface area contributed by atoms with Crippen LogP contribution in [0.1, 0.15) is 49.0 Å². The molecule has 0 bridgehead atoms. The van der Waals surface area contributed by atoms with Crippen LogP contribution in [0.3, 0.4) is 0 Å². The number of benzene rings is 2. The SMILES string of the molecule is C[C@@H]1[C@H](C)CCC[C@H]1NC(=O)COC(=O)COc1ccc(C(=O)c2ccccc2)cc1. The molecule has 2 aromatic rings. The molecule has 0 saturated heterocycles. The zero-order valence-corrected chi connectivity index (χ0v) is 18.0. The average molecular weight is 424 g/mol. The first-order chi connectivity index (χ1) is 14.9. The Balaban J connectivity index is 1.40. The van der Waals surface area contributed by atoms with Gasteiger partial charge in [-0.2, -0.15) is 0 Å². The van der Waals surface area contributed by atoms with Crippen molar-refractivity contribution in [2.24, 2.45) is 11.8 Å². The highest BCUT2D eigenvalue weighted by molar-refractivity contribution is 6.08. The van der Waals surface area contributed by atoms with Crippen LogP contribution in [0, 0.1) is 11.8 Å². The zero-order chi connectivity index (χ0) is 22.2. The third-order valence-corrected chi connectivity index (χ3v) is 5.93. The maximum absolute atomic E-state index is 12.4. The van der Waals surface area contributed by atoms with Gasteiger partial charge in [-0.15, -0.1) is 0 Å². The molecule has 164 valence electrons. The predicted octanol–water partition coefficient (Wildman–Crippen LogP) is 3.78. The predicted molar refractivity (Wildman–Crippen MR) is 117 cm³/mol. The van der Waals surface area contributed by atoms with Crippen molar-refractivity contribution in [1.82, 2.24) is 5.32 Å². The van der Waals surface area contributed by atoms with Crippen LogP contribution in [-0.4, -0.2) is 36.9 Å². The lowest BCUT2D eigenvalue weighted by Crippen LogP contribution is -2.45. The lowest BCUT2D eigenvalue weighted by Gasteiger charge is -2.34. The summed E-state index contributed by atoms with van der Waals surface area (Å²) in [5.74, 6) is 0.431. The van der Waals surface area contributed by atoms with Gasteiger partial charge in [0.15, 0.2) is 19.0 Å². The summed E-state index contributed by atoms with van der Waals surface area (Å²) in [6.45, 7) is 3.72. The Labute approximate surface area is 182 Å². The van der Waals surface area contributed by atoms with Crippen molar-refractivity contribution in [3.8, 4) is 5.75 Å². The molecule has 0 heterocycles. The summed E-state index contributed by atoms with van der Waals surface area (Å²) in [7, 11) is 0. The zero-order valence-electron chi connectivity index (χ0n) is 18.0. The van der Waals surface area contributed by atoms with Crippen LogP contribution < -0.4 is 10.1 Å². The topological polar surface area (TPSA) is 81.7 Å². The normalized spacial score (nSPS) is 20.5. The third kappa shape index (κ3) is 6.41. The minimum atomic E-state index is -0.621. The maximum Gasteiger partial charge on any atom is 0.344 e. The molecule has 1 N–H and O–H groups in total. The lowest BCUT2D eigenvalue weighted by molar-refractivity contribution is -0.150. The van der Waals surface area contributed by atoms with E-state index in [9.17, 15) is 14.4 Å². The second-order valence-corrected chi connectivity index (χ2v) is 8.11. The standard InChI is InChI=1S/C25H29NO5/c1-17-7-6-10-22(18(17)2)26-23(27)15-31-24(28)16-30-21-13-11-20(12-14-21)25(29)19-8-4-3-5-9-19/h3-5,8-9,11-14,17-18,22H,6-7,10,15-16H2,1-2H3,(H,26,27)/t17-,18-,22-/m1/s1. The fraction of sp³-hybridized carbons (Fsp3) is 0.400. The molecule has 2 aromatic carbocycles. The second kappa shape index (κ2) is 10.8. The van der Waals surface area contributed by atoms with Crippen LogP contribution in [0.5, 0.6) is 5.75 Å². The van der Waals surface area contributed by atoms with Gasteiger partial charge in [0.05, 0.1) is 0 Å². The number of carbonyl (C=O) groups is 3. The van der Waals surface area contributed by atoms with Gasteiger partial charge in [0.2, 0.25) is 0 Å². The molecule has 6 heteroatoms. The summed E-state index contributed by atoms with van der Waals surface area (Å²) in [6, 6.07) is 15.7. The Bertz CT molecular complexity index is 894. The van der Waals surface area contributed by atoms with E-state index >= 15 is 0 Å². The number of hydrogen-bond acceptors (Lipinski definition) is 5. The summed E-state index contributed by atoms with van der Waals surface area (Å²) < 4.78 is 10.4. The molecule has 1 amide bonds. The molecule has 3 rings (SSSR count). The van der Waals surface area contributed by atoms with Gasteiger partial charge < -0.3 is 14.8 Å². The van der Waals surface area contributed by atoms with Crippen LogP contribution in [0.2, 0.25) is 0 Å². The van der Waals surface area contributed by atoms with Gasteiger partial charge in [0.25, 0.3) is 5.91 Å². The molecule has 1 saturated carbocycles. The number of carbonyl (C=O) groups excluding carboxylic acids is 3. The first kappa shape index (κ1) is 22.5. The second-order valence-electron chi connectivity index (χ2n) is 8.11. The number of nitrogens with one attached hydrogen (secondary N) is 1. The quantitative estimate of drug-likeness (QED) is 0.516. The van der Waals surface area contributed by atoms with Gasteiger partial charge in [-0.05, 0) is 42.5 Å². The van der Waals surface area contributed by atoms with Crippen molar-refractivity contribution in [3.05, 3.63) is 65.7 Å². The Morgan fingerprint density at radius 3 is 2.29 bits per heavy atom. The number of esters is 1. The highest BCUT2D eigenvalue weighted by Crippen LogP contribution is 2.29. The summed E-state index contributed by atoms with van der Waals surface area (Å²) in [5, 5.41) is 2.97. The maximum atomic E-state index is 12.4. The molecule has 0 aromatic heterocycles. The van der Waals surface area contributed by atoms with Crippen molar-refractivity contribution in [3.63, 3.8) is 0 Å². The molecule has 0 unspecified atom stereocenters. The number of amides is 1. The summed E-state index contributed by atoms with van der Waals surface area (Å²) in [4.78, 5) is 36.4. The van der Waals surface area contributed by atoms with E-state index < -0.39 is 5.97 Å². The van der Waals surface area contributed by atoms with Crippen molar-refractivity contribution in [2.75, 3.05) is 13.2 Å². The Morgan fingerprint density at radius 1 is 0.903 bits per heavy atom. The fourth-order valence-corrected chi connectivity index (χ4v) is 3.82. The van der Waals surface area contributed by atoms with E-state index in [0.717, 1.165) is 12.8 Å². The number of rotatable bonds is 8. The lowest BCUT2D eigenvalue weighted by atomic mass is 9.78. The van der Waals surface area contributed by atoms with E-state index in [-0.39, 0.29) is 30.9 Å². The summed E-state index contributed by atoms with van der Waals surface area (Å²) in [6.07, 6.45) is 3.23. The van der Waals surface area contributed by atoms with Crippen molar-refractivity contribution < 1.29 is 23.9 Å². The van der Waals surface area contributed by atoms with Crippen LogP contribution in [0.15, 0.2) is 54.6 Å². The van der Waals surface area contributed by atoms with Crippen molar-refractivity contribution in [2.45, 2.75) is 39.2 Å². The monoisotopic (exact) mass is 423 g/mol. The minimum Gasteiger partial charge on any atom is -0.482 e. The van der Waals surface area contributed by atoms with E-state index in [0.29, 0.717) is 28.7 Å². The molecule has 1 fully saturated rings. The van der Waals surface area contributed by atoms with Gasteiger partial charge >= 0.3 is 5.97 Å². The van der Waals surface area contributed by atoms with Crippen LogP contribution in [0.25, 0.3) is 0 Å². The molecule has 0 spiro atoms. The van der Waals surface area contributed by atoms with E-state index in [1.165, 1.54) is 6.42 Å². The number of ether oxygens (including phenoxy) is 2. The first-order valence-corrected chi connectivity index (χ1v) is 10.7. The van der Waals surface area contributed by atoms with Crippen LogP contribution in [0.4, 0.5) is 0 Å². The van der Waals surface area contributed by atoms with Crippen LogP contribution in [-0.2, 0) is 14.3 Å². The molecular formula is C25H29NO5. The highest BCUT2D eigenvalue weighted by atomic mass is 16.6. The number of ketones is 1. The largest absolute Gasteiger partial charge is 0.482 e. The molecule has 1 aliphatic rings. The molecule has 0 aliphatic heterocycles. The molecule has 6 nitrogen and oxygen atoms in total. The van der Waals surface area contributed by atoms with Crippen molar-refractivity contribution >= 4 is 17.7 Å². The van der Waals surface area contributed by atoms with E-state index in [1.807, 2.05) is 18.2 Å². The average Bonchev–Trinajstić information content (AvgIpc) is 2.80. The molecular weight excluding hydrogens is 394 g/mol. The minimum absolute atomic E-state index is 0.0840. The van der Waals surface area contributed by atoms with Crippen LogP contribution >= 0.6 is 0 Å². The Kier molecular flexibility index (Phi) is 7.82. The van der Waals surface area contributed by atoms with E-state index in [4.69, 9.17) is 9.47 Å². The molecule has 3 atom stereocenters. The Hall–Kier alpha value is -3.15. The highest BCUT2D eigenvalue weighted by Gasteiger charge is 2.28. The van der Waals surface area contributed by atoms with Gasteiger partial charge in [-0.1, -0.05) is 57.0 Å². The number of hydrogen-bond donors (Lipinski definition) is 1. The van der Waals surface area contributed by atoms with Gasteiger partial charge in [-0.3, -0.25) is 9.59 Å². The molecule has 31 heavy (non-hydrogen) atoms. The van der Waals surface area contributed by atoms with Gasteiger partial charge in [0.1, 0.15) is 5.75 Å². The molecule has 1 aliphatic carbocycles. The van der Waals surface area contributed by atoms with Gasteiger partial charge in [0, 0.05) is 17.2 Å². The summed E-state index contributed by atoms with van der Waals surface area (Å²) in [5.41, 5.74) is 1.14. The first-order valence-electron chi connectivity index (χ1n) is 10.7. The molecule has 0 radical (unpaired) electrons. The summed E-state index contributed by atoms with van der Waals surface area (Å²) >= 11 is 0. The Morgan fingerprint density at radius 2 is 1.58 bits per heavy atom. The van der Waals surface area contributed by atoms with E-state index in [1.54, 1.807) is 36.4 Å². The fourth-order valence-electron chi connectivity index (χ4n) is 3.82. The van der Waals surface area contributed by atoms with E-state index in [2.05, 4.69) is 19.2 Å².